The zero-order valence-corrected chi connectivity index (χ0v) is 31.0. The van der Waals surface area contributed by atoms with Gasteiger partial charge in [-0.25, -0.2) is 24.9 Å². The highest BCUT2D eigenvalue weighted by Gasteiger charge is 2.39. The van der Waals surface area contributed by atoms with Crippen molar-refractivity contribution in [2.45, 2.75) is 12.0 Å². The van der Waals surface area contributed by atoms with Crippen LogP contribution in [-0.2, 0) is 0 Å². The lowest BCUT2D eigenvalue weighted by Crippen LogP contribution is -2.20. The molecule has 0 fully saturated rings. The fraction of sp³-hybridized carbons (Fsp3) is 0.0408. The molecule has 1 aliphatic carbocycles. The molecular weight excluding hydrogens is 723 g/mol. The van der Waals surface area contributed by atoms with Crippen LogP contribution in [0.25, 0.3) is 93.2 Å². The smallest absolute Gasteiger partial charge is 0.164 e. The summed E-state index contributed by atoms with van der Waals surface area (Å²) in [6, 6.07) is 49.4. The van der Waals surface area contributed by atoms with E-state index in [1.165, 1.54) is 4.70 Å². The minimum absolute atomic E-state index is 0.0877. The summed E-state index contributed by atoms with van der Waals surface area (Å²) in [5.74, 6) is 3.15. The summed E-state index contributed by atoms with van der Waals surface area (Å²) in [6.07, 6.45) is 6.12. The number of benzene rings is 6. The van der Waals surface area contributed by atoms with Gasteiger partial charge in [0.05, 0.1) is 21.8 Å². The van der Waals surface area contributed by atoms with Crippen molar-refractivity contribution >= 4 is 59.2 Å². The zero-order valence-electron chi connectivity index (χ0n) is 30.2. The Labute approximate surface area is 330 Å². The highest BCUT2D eigenvalue weighted by molar-refractivity contribution is 7.26. The van der Waals surface area contributed by atoms with E-state index in [1.54, 1.807) is 11.3 Å². The van der Waals surface area contributed by atoms with Gasteiger partial charge in [0, 0.05) is 54.2 Å². The van der Waals surface area contributed by atoms with Crippen LogP contribution >= 0.6 is 11.3 Å². The molecule has 0 N–H and O–H groups in total. The molecule has 4 aromatic heterocycles. The number of allylic oxidation sites excluding steroid dienone is 2. The predicted octanol–water partition coefficient (Wildman–Crippen LogP) is 12.1. The second-order valence-corrected chi connectivity index (χ2v) is 15.4. The molecule has 0 radical (unpaired) electrons. The van der Waals surface area contributed by atoms with E-state index in [9.17, 15) is 0 Å². The van der Waals surface area contributed by atoms with Crippen LogP contribution in [0.15, 0.2) is 168 Å². The summed E-state index contributed by atoms with van der Waals surface area (Å²) >= 11 is 1.74. The second-order valence-electron chi connectivity index (χ2n) is 14.3. The number of aromatic nitrogens is 5. The first-order valence-corrected chi connectivity index (χ1v) is 19.7. The number of hydrogen-bond donors (Lipinski definition) is 0. The standard InChI is InChI=1S/C49H29N5O2S/c1-3-12-28(13-4-1)43-45-44(34-17-8-10-21-41(34)57-45)51-49(50-43)35-18-11-20-39-42(35)33-24-22-31(27-40(33)56-39)48-53-46(29-14-5-2-6-15-29)52-47(54-48)30-23-25-38-36(26-30)32-16-7-9-19-37(32)55-38/h1-27,39,42H. The van der Waals surface area contributed by atoms with Gasteiger partial charge in [0.2, 0.25) is 0 Å². The van der Waals surface area contributed by atoms with E-state index >= 15 is 0 Å². The highest BCUT2D eigenvalue weighted by Crippen LogP contribution is 2.49. The number of hydrogen-bond acceptors (Lipinski definition) is 8. The monoisotopic (exact) mass is 751 g/mol. The highest BCUT2D eigenvalue weighted by atomic mass is 32.1. The van der Waals surface area contributed by atoms with Crippen molar-refractivity contribution < 1.29 is 9.15 Å². The van der Waals surface area contributed by atoms with E-state index < -0.39 is 0 Å². The van der Waals surface area contributed by atoms with Gasteiger partial charge in [0.25, 0.3) is 0 Å². The van der Waals surface area contributed by atoms with Crippen molar-refractivity contribution in [3.63, 3.8) is 0 Å². The summed E-state index contributed by atoms with van der Waals surface area (Å²) in [5, 5.41) is 3.21. The fourth-order valence-electron chi connectivity index (χ4n) is 8.23. The van der Waals surface area contributed by atoms with Gasteiger partial charge in [-0.15, -0.1) is 11.3 Å². The second kappa shape index (κ2) is 12.6. The molecule has 57 heavy (non-hydrogen) atoms. The SMILES string of the molecule is C1=CC2Oc3cc(-c4nc(-c5ccccc5)nc(-c5ccc6oc7ccccc7c6c5)n4)ccc3C2C(c2nc(-c3ccccc3)c3sc4ccccc4c3n2)=C1. The summed E-state index contributed by atoms with van der Waals surface area (Å²) in [7, 11) is 0. The molecule has 0 amide bonds. The molecule has 2 unspecified atom stereocenters. The lowest BCUT2D eigenvalue weighted by molar-refractivity contribution is 0.271. The van der Waals surface area contributed by atoms with Gasteiger partial charge in [-0.05, 0) is 42.5 Å². The van der Waals surface area contributed by atoms with Crippen LogP contribution in [0.2, 0.25) is 0 Å². The van der Waals surface area contributed by atoms with Crippen molar-refractivity contribution in [2.75, 3.05) is 0 Å². The van der Waals surface area contributed by atoms with Crippen LogP contribution in [-0.4, -0.2) is 31.0 Å². The molecule has 10 aromatic rings. The van der Waals surface area contributed by atoms with Crippen molar-refractivity contribution in [2.24, 2.45) is 0 Å². The third kappa shape index (κ3) is 5.22. The van der Waals surface area contributed by atoms with Crippen molar-refractivity contribution in [3.8, 4) is 51.2 Å². The van der Waals surface area contributed by atoms with Crippen LogP contribution in [0, 0.1) is 0 Å². The number of furan rings is 1. The summed E-state index contributed by atoms with van der Waals surface area (Å²) in [6.45, 7) is 0. The van der Waals surface area contributed by atoms with Crippen LogP contribution in [0.5, 0.6) is 5.75 Å². The van der Waals surface area contributed by atoms with E-state index in [1.807, 2.05) is 66.7 Å². The van der Waals surface area contributed by atoms with Gasteiger partial charge in [-0.1, -0.05) is 121 Å². The van der Waals surface area contributed by atoms with Crippen LogP contribution < -0.4 is 4.74 Å². The maximum Gasteiger partial charge on any atom is 0.164 e. The van der Waals surface area contributed by atoms with E-state index in [2.05, 4.69) is 97.1 Å². The van der Waals surface area contributed by atoms with E-state index in [-0.39, 0.29) is 12.0 Å². The Morgan fingerprint density at radius 1 is 0.509 bits per heavy atom. The van der Waals surface area contributed by atoms with E-state index in [0.717, 1.165) is 82.4 Å². The van der Waals surface area contributed by atoms with Gasteiger partial charge in [-0.3, -0.25) is 0 Å². The molecule has 0 saturated heterocycles. The van der Waals surface area contributed by atoms with Crippen LogP contribution in [0.4, 0.5) is 0 Å². The lowest BCUT2D eigenvalue weighted by atomic mass is 9.84. The summed E-state index contributed by atoms with van der Waals surface area (Å²) < 4.78 is 15.1. The number of para-hydroxylation sites is 1. The maximum atomic E-state index is 6.73. The molecule has 0 saturated carbocycles. The van der Waals surface area contributed by atoms with Gasteiger partial charge >= 0.3 is 0 Å². The molecule has 6 aromatic carbocycles. The Balaban J connectivity index is 0.970. The quantitative estimate of drug-likeness (QED) is 0.173. The van der Waals surface area contributed by atoms with Gasteiger partial charge in [0.1, 0.15) is 23.0 Å². The Hall–Kier alpha value is -7.29. The Bertz CT molecular complexity index is 3300. The Kier molecular flexibility index (Phi) is 7.09. The summed E-state index contributed by atoms with van der Waals surface area (Å²) in [5.41, 5.74) is 9.38. The minimum atomic E-state index is -0.209. The minimum Gasteiger partial charge on any atom is -0.485 e. The summed E-state index contributed by atoms with van der Waals surface area (Å²) in [4.78, 5) is 25.7. The third-order valence-corrected chi connectivity index (χ3v) is 12.1. The molecular formula is C49H29N5O2S. The number of thiophene rings is 1. The molecule has 8 heteroatoms. The number of nitrogens with zero attached hydrogens (tertiary/aromatic N) is 5. The number of rotatable bonds is 5. The number of fused-ring (bicyclic) bond motifs is 9. The first kappa shape index (κ1) is 32.0. The first-order chi connectivity index (χ1) is 28.2. The molecule has 7 nitrogen and oxygen atoms in total. The largest absolute Gasteiger partial charge is 0.485 e. The lowest BCUT2D eigenvalue weighted by Gasteiger charge is -2.22. The van der Waals surface area contributed by atoms with E-state index in [4.69, 9.17) is 34.1 Å². The number of ether oxygens (including phenoxy) is 1. The first-order valence-electron chi connectivity index (χ1n) is 18.9. The van der Waals surface area contributed by atoms with Gasteiger partial charge in [0.15, 0.2) is 23.3 Å². The topological polar surface area (TPSA) is 86.8 Å². The van der Waals surface area contributed by atoms with Crippen molar-refractivity contribution in [3.05, 3.63) is 175 Å². The average molecular weight is 752 g/mol. The van der Waals surface area contributed by atoms with Crippen LogP contribution in [0.3, 0.4) is 0 Å². The molecule has 5 heterocycles. The third-order valence-electron chi connectivity index (χ3n) is 10.9. The average Bonchev–Trinajstić information content (AvgIpc) is 3.97. The molecule has 0 bridgehead atoms. The predicted molar refractivity (Wildman–Crippen MR) is 228 cm³/mol. The van der Waals surface area contributed by atoms with E-state index in [0.29, 0.717) is 23.3 Å². The molecule has 12 rings (SSSR count). The molecule has 2 atom stereocenters. The van der Waals surface area contributed by atoms with Gasteiger partial charge in [-0.2, -0.15) is 0 Å². The van der Waals surface area contributed by atoms with Crippen molar-refractivity contribution in [1.82, 2.24) is 24.9 Å². The zero-order chi connectivity index (χ0) is 37.5. The fourth-order valence-corrected chi connectivity index (χ4v) is 9.39. The van der Waals surface area contributed by atoms with Gasteiger partial charge < -0.3 is 9.15 Å². The Morgan fingerprint density at radius 3 is 2.00 bits per heavy atom. The Morgan fingerprint density at radius 2 is 1.18 bits per heavy atom. The van der Waals surface area contributed by atoms with Crippen LogP contribution in [0.1, 0.15) is 17.3 Å². The molecule has 0 spiro atoms. The molecule has 1 aliphatic heterocycles. The maximum absolute atomic E-state index is 6.73. The normalized spacial score (nSPS) is 15.9. The molecule has 268 valence electrons. The van der Waals surface area contributed by atoms with Crippen molar-refractivity contribution in [1.29, 1.82) is 0 Å². The molecule has 2 aliphatic rings.